The maximum Gasteiger partial charge on any atom is 0.254 e. The van der Waals surface area contributed by atoms with E-state index in [0.29, 0.717) is 30.5 Å². The van der Waals surface area contributed by atoms with Gasteiger partial charge in [-0.3, -0.25) is 4.79 Å². The largest absolute Gasteiger partial charge is 0.355 e. The number of rotatable bonds is 4. The number of aromatic nitrogens is 3. The number of carbonyl (C=O) groups is 1. The molecule has 0 N–H and O–H groups in total. The predicted octanol–water partition coefficient (Wildman–Crippen LogP) is 4.63. The van der Waals surface area contributed by atoms with Crippen LogP contribution in [0.1, 0.15) is 36.5 Å². The number of benzene rings is 2. The molecule has 8 heteroatoms. The summed E-state index contributed by atoms with van der Waals surface area (Å²) >= 11 is 0. The highest BCUT2D eigenvalue weighted by Crippen LogP contribution is 2.30. The van der Waals surface area contributed by atoms with Crippen molar-refractivity contribution in [2.45, 2.75) is 32.2 Å². The zero-order valence-corrected chi connectivity index (χ0v) is 20.5. The van der Waals surface area contributed by atoms with Crippen LogP contribution in [0.3, 0.4) is 0 Å². The lowest BCUT2D eigenvalue weighted by molar-refractivity contribution is 0.0746. The molecule has 2 aromatic carbocycles. The van der Waals surface area contributed by atoms with E-state index in [1.807, 2.05) is 53.4 Å². The predicted molar refractivity (Wildman–Crippen MR) is 140 cm³/mol. The van der Waals surface area contributed by atoms with Gasteiger partial charge in [0.1, 0.15) is 5.52 Å². The van der Waals surface area contributed by atoms with Gasteiger partial charge in [-0.15, -0.1) is 10.2 Å². The lowest BCUT2D eigenvalue weighted by atomic mass is 10.0. The SMILES string of the molecule is CC1CCCCN1c1ccc(N2CCN(C(=O)c3ccc4noc(-c5ccccc5)c4c3)CC2)nn1. The molecule has 36 heavy (non-hydrogen) atoms. The molecule has 6 rings (SSSR count). The number of hydrogen-bond acceptors (Lipinski definition) is 7. The highest BCUT2D eigenvalue weighted by Gasteiger charge is 2.25. The van der Waals surface area contributed by atoms with Crippen LogP contribution >= 0.6 is 0 Å². The molecule has 2 aromatic heterocycles. The lowest BCUT2D eigenvalue weighted by Gasteiger charge is -2.36. The summed E-state index contributed by atoms with van der Waals surface area (Å²) in [5, 5.41) is 14.1. The van der Waals surface area contributed by atoms with E-state index in [2.05, 4.69) is 44.2 Å². The molecule has 0 radical (unpaired) electrons. The van der Waals surface area contributed by atoms with E-state index in [0.717, 1.165) is 47.7 Å². The molecule has 1 unspecified atom stereocenters. The maximum atomic E-state index is 13.3. The van der Waals surface area contributed by atoms with Gasteiger partial charge in [0.25, 0.3) is 5.91 Å². The van der Waals surface area contributed by atoms with Crippen molar-refractivity contribution in [2.24, 2.45) is 0 Å². The third-order valence-electron chi connectivity index (χ3n) is 7.38. The number of carbonyl (C=O) groups excluding carboxylic acids is 1. The van der Waals surface area contributed by atoms with E-state index < -0.39 is 0 Å². The van der Waals surface area contributed by atoms with Gasteiger partial charge in [0.05, 0.1) is 5.39 Å². The standard InChI is InChI=1S/C28H30N6O2/c1-20-7-5-6-14-34(20)26-13-12-25(29-30-26)32-15-17-33(18-16-32)28(35)22-10-11-24-23(19-22)27(36-31-24)21-8-3-2-4-9-21/h2-4,8-13,19-20H,5-7,14-18H2,1H3. The van der Waals surface area contributed by atoms with E-state index in [9.17, 15) is 4.79 Å². The van der Waals surface area contributed by atoms with Crippen molar-refractivity contribution in [3.63, 3.8) is 0 Å². The van der Waals surface area contributed by atoms with Crippen molar-refractivity contribution in [1.29, 1.82) is 0 Å². The first-order chi connectivity index (χ1) is 17.7. The van der Waals surface area contributed by atoms with Gasteiger partial charge in [-0.1, -0.05) is 35.5 Å². The van der Waals surface area contributed by atoms with Crippen LogP contribution in [0, 0.1) is 0 Å². The molecule has 1 amide bonds. The van der Waals surface area contributed by atoms with Crippen LogP contribution in [0.25, 0.3) is 22.2 Å². The second-order valence-electron chi connectivity index (χ2n) is 9.68. The van der Waals surface area contributed by atoms with Gasteiger partial charge in [0.15, 0.2) is 17.4 Å². The molecule has 2 fully saturated rings. The summed E-state index contributed by atoms with van der Waals surface area (Å²) in [6.45, 7) is 6.03. The molecule has 2 aliphatic rings. The third-order valence-corrected chi connectivity index (χ3v) is 7.38. The van der Waals surface area contributed by atoms with Crippen molar-refractivity contribution in [3.05, 3.63) is 66.2 Å². The normalized spacial score (nSPS) is 18.6. The Bertz CT molecular complexity index is 1350. The summed E-state index contributed by atoms with van der Waals surface area (Å²) < 4.78 is 5.60. The number of hydrogen-bond donors (Lipinski definition) is 0. The molecule has 2 saturated heterocycles. The van der Waals surface area contributed by atoms with E-state index in [-0.39, 0.29) is 5.91 Å². The Morgan fingerprint density at radius 1 is 0.889 bits per heavy atom. The Morgan fingerprint density at radius 2 is 1.67 bits per heavy atom. The summed E-state index contributed by atoms with van der Waals surface area (Å²) in [6, 6.07) is 20.1. The van der Waals surface area contributed by atoms with E-state index >= 15 is 0 Å². The highest BCUT2D eigenvalue weighted by molar-refractivity contribution is 6.01. The minimum atomic E-state index is 0.0253. The number of piperidine rings is 1. The highest BCUT2D eigenvalue weighted by atomic mass is 16.5. The summed E-state index contributed by atoms with van der Waals surface area (Å²) in [4.78, 5) is 19.8. The number of fused-ring (bicyclic) bond motifs is 1. The molecular formula is C28H30N6O2. The topological polar surface area (TPSA) is 78.6 Å². The van der Waals surface area contributed by atoms with Crippen molar-refractivity contribution in [1.82, 2.24) is 20.3 Å². The van der Waals surface area contributed by atoms with Gasteiger partial charge in [-0.05, 0) is 56.5 Å². The lowest BCUT2D eigenvalue weighted by Crippen LogP contribution is -2.49. The van der Waals surface area contributed by atoms with Crippen LogP contribution in [0.2, 0.25) is 0 Å². The minimum Gasteiger partial charge on any atom is -0.355 e. The molecule has 4 aromatic rings. The van der Waals surface area contributed by atoms with Crippen molar-refractivity contribution < 1.29 is 9.32 Å². The molecule has 0 spiro atoms. The number of anilines is 2. The second-order valence-corrected chi connectivity index (χ2v) is 9.68. The van der Waals surface area contributed by atoms with Crippen molar-refractivity contribution in [2.75, 3.05) is 42.5 Å². The molecule has 0 aliphatic carbocycles. The Labute approximate surface area is 210 Å². The average Bonchev–Trinajstić information content (AvgIpc) is 3.37. The molecule has 4 heterocycles. The quantitative estimate of drug-likeness (QED) is 0.420. The molecule has 184 valence electrons. The van der Waals surface area contributed by atoms with Crippen molar-refractivity contribution in [3.8, 4) is 11.3 Å². The number of amides is 1. The van der Waals surface area contributed by atoms with Crippen LogP contribution in [-0.2, 0) is 0 Å². The fraction of sp³-hybridized carbons (Fsp3) is 0.357. The van der Waals surface area contributed by atoms with Gasteiger partial charge in [0, 0.05) is 49.9 Å². The van der Waals surface area contributed by atoms with Gasteiger partial charge >= 0.3 is 0 Å². The zero-order chi connectivity index (χ0) is 24.5. The van der Waals surface area contributed by atoms with Crippen molar-refractivity contribution >= 4 is 28.4 Å². The average molecular weight is 483 g/mol. The summed E-state index contributed by atoms with van der Waals surface area (Å²) in [7, 11) is 0. The summed E-state index contributed by atoms with van der Waals surface area (Å²) in [5.74, 6) is 2.54. The van der Waals surface area contributed by atoms with Gasteiger partial charge < -0.3 is 19.2 Å². The number of nitrogens with zero attached hydrogens (tertiary/aromatic N) is 6. The summed E-state index contributed by atoms with van der Waals surface area (Å²) in [5.41, 5.74) is 2.34. The second kappa shape index (κ2) is 9.60. The smallest absolute Gasteiger partial charge is 0.254 e. The van der Waals surface area contributed by atoms with E-state index in [1.54, 1.807) is 0 Å². The Hall–Kier alpha value is -3.94. The van der Waals surface area contributed by atoms with Gasteiger partial charge in [-0.25, -0.2) is 0 Å². The van der Waals surface area contributed by atoms with Crippen LogP contribution in [0.5, 0.6) is 0 Å². The Balaban J connectivity index is 1.13. The first-order valence-corrected chi connectivity index (χ1v) is 12.8. The van der Waals surface area contributed by atoms with Gasteiger partial charge in [-0.2, -0.15) is 0 Å². The van der Waals surface area contributed by atoms with Crippen LogP contribution in [-0.4, -0.2) is 64.9 Å². The van der Waals surface area contributed by atoms with Crippen LogP contribution in [0.15, 0.2) is 65.2 Å². The monoisotopic (exact) mass is 482 g/mol. The Morgan fingerprint density at radius 3 is 2.42 bits per heavy atom. The third kappa shape index (κ3) is 4.27. The molecule has 1 atom stereocenters. The first kappa shape index (κ1) is 22.5. The first-order valence-electron chi connectivity index (χ1n) is 12.8. The molecule has 8 nitrogen and oxygen atoms in total. The molecular weight excluding hydrogens is 452 g/mol. The van der Waals surface area contributed by atoms with E-state index in [1.165, 1.54) is 19.3 Å². The van der Waals surface area contributed by atoms with Gasteiger partial charge in [0.2, 0.25) is 0 Å². The fourth-order valence-electron chi connectivity index (χ4n) is 5.27. The van der Waals surface area contributed by atoms with Crippen LogP contribution in [0.4, 0.5) is 11.6 Å². The maximum absolute atomic E-state index is 13.3. The molecule has 2 aliphatic heterocycles. The summed E-state index contributed by atoms with van der Waals surface area (Å²) in [6.07, 6.45) is 3.70. The Kier molecular flexibility index (Phi) is 6.01. The minimum absolute atomic E-state index is 0.0253. The fourth-order valence-corrected chi connectivity index (χ4v) is 5.27. The number of piperazine rings is 1. The van der Waals surface area contributed by atoms with Crippen LogP contribution < -0.4 is 9.80 Å². The molecule has 0 saturated carbocycles. The molecule has 0 bridgehead atoms. The van der Waals surface area contributed by atoms with E-state index in [4.69, 9.17) is 4.52 Å². The zero-order valence-electron chi connectivity index (χ0n) is 20.5.